The summed E-state index contributed by atoms with van der Waals surface area (Å²) < 4.78 is 25.0. The molecule has 3 N–H and O–H groups in total. The Kier molecular flexibility index (Phi) is 5.80. The number of para-hydroxylation sites is 1. The molecule has 0 bridgehead atoms. The standard InChI is InChI=1S/C22H26FNO4/c23-16-7-10-20-15(11-16)6-9-22(28-20)18(26)13-24-12-17(25)21-8-5-14-3-1-2-4-19(14)27-21/h1-4,7,10-11,17-18,21-22,24-26H,5-6,8-9,12-13H2/t17-,18-,21-,22+/m1/s1. The molecule has 4 rings (SSSR count). The fourth-order valence-electron chi connectivity index (χ4n) is 3.91. The molecule has 0 aliphatic carbocycles. The molecular formula is C22H26FNO4. The maximum Gasteiger partial charge on any atom is 0.126 e. The van der Waals surface area contributed by atoms with E-state index in [0.29, 0.717) is 31.7 Å². The van der Waals surface area contributed by atoms with Gasteiger partial charge in [-0.1, -0.05) is 18.2 Å². The number of rotatable bonds is 6. The number of fused-ring (bicyclic) bond motifs is 2. The lowest BCUT2D eigenvalue weighted by atomic mass is 9.98. The molecular weight excluding hydrogens is 361 g/mol. The molecule has 0 saturated carbocycles. The molecule has 0 radical (unpaired) electrons. The molecule has 2 aromatic carbocycles. The van der Waals surface area contributed by atoms with Gasteiger partial charge < -0.3 is 25.0 Å². The van der Waals surface area contributed by atoms with Crippen LogP contribution < -0.4 is 14.8 Å². The average Bonchev–Trinajstić information content (AvgIpc) is 2.72. The molecule has 2 aromatic rings. The van der Waals surface area contributed by atoms with Crippen LogP contribution in [0.3, 0.4) is 0 Å². The first-order valence-corrected chi connectivity index (χ1v) is 9.86. The Balaban J connectivity index is 1.23. The number of halogens is 1. The second-order valence-electron chi connectivity index (χ2n) is 7.54. The van der Waals surface area contributed by atoms with Gasteiger partial charge in [0.1, 0.15) is 41.7 Å². The van der Waals surface area contributed by atoms with Gasteiger partial charge in [0.05, 0.1) is 0 Å². The summed E-state index contributed by atoms with van der Waals surface area (Å²) in [6.07, 6.45) is 0.984. The number of hydrogen-bond acceptors (Lipinski definition) is 5. The second kappa shape index (κ2) is 8.47. The molecule has 2 aliphatic heterocycles. The molecule has 5 nitrogen and oxygen atoms in total. The molecule has 2 aliphatic rings. The summed E-state index contributed by atoms with van der Waals surface area (Å²) in [5.41, 5.74) is 2.01. The van der Waals surface area contributed by atoms with Gasteiger partial charge in [-0.25, -0.2) is 4.39 Å². The SMILES string of the molecule is O[C@H](CNC[C@@H](O)[C@H]1CCc2ccccc2O1)[C@@H]1CCc2cc(F)ccc2O1. The number of ether oxygens (including phenoxy) is 2. The third-order valence-electron chi connectivity index (χ3n) is 5.51. The molecule has 28 heavy (non-hydrogen) atoms. The fraction of sp³-hybridized carbons (Fsp3) is 0.455. The summed E-state index contributed by atoms with van der Waals surface area (Å²) in [5.74, 6) is 1.19. The number of aryl methyl sites for hydroxylation is 2. The minimum Gasteiger partial charge on any atom is -0.487 e. The Labute approximate surface area is 164 Å². The highest BCUT2D eigenvalue weighted by Gasteiger charge is 2.28. The van der Waals surface area contributed by atoms with Gasteiger partial charge in [0.2, 0.25) is 0 Å². The number of benzene rings is 2. The van der Waals surface area contributed by atoms with Gasteiger partial charge in [0.25, 0.3) is 0 Å². The zero-order valence-electron chi connectivity index (χ0n) is 15.7. The van der Waals surface area contributed by atoms with E-state index in [9.17, 15) is 14.6 Å². The van der Waals surface area contributed by atoms with Crippen LogP contribution >= 0.6 is 0 Å². The van der Waals surface area contributed by atoms with Crippen LogP contribution in [0.5, 0.6) is 11.5 Å². The van der Waals surface area contributed by atoms with Crippen molar-refractivity contribution in [2.24, 2.45) is 0 Å². The van der Waals surface area contributed by atoms with Crippen molar-refractivity contribution < 1.29 is 24.1 Å². The normalized spacial score (nSPS) is 23.0. The highest BCUT2D eigenvalue weighted by molar-refractivity contribution is 5.36. The highest BCUT2D eigenvalue weighted by atomic mass is 19.1. The summed E-state index contributed by atoms with van der Waals surface area (Å²) in [5, 5.41) is 24.0. The van der Waals surface area contributed by atoms with E-state index in [1.807, 2.05) is 24.3 Å². The molecule has 0 spiro atoms. The van der Waals surface area contributed by atoms with Crippen LogP contribution in [0.1, 0.15) is 24.0 Å². The fourth-order valence-corrected chi connectivity index (χ4v) is 3.91. The highest BCUT2D eigenvalue weighted by Crippen LogP contribution is 2.30. The third-order valence-corrected chi connectivity index (χ3v) is 5.51. The minimum absolute atomic E-state index is 0.257. The van der Waals surface area contributed by atoms with Crippen LogP contribution in [0.4, 0.5) is 4.39 Å². The molecule has 0 saturated heterocycles. The maximum absolute atomic E-state index is 13.3. The summed E-state index contributed by atoms with van der Waals surface area (Å²) in [6, 6.07) is 12.3. The van der Waals surface area contributed by atoms with Gasteiger partial charge in [0, 0.05) is 13.1 Å². The van der Waals surface area contributed by atoms with Crippen LogP contribution in [0, 0.1) is 5.82 Å². The van der Waals surface area contributed by atoms with Gasteiger partial charge in [-0.05, 0) is 61.1 Å². The molecule has 0 aromatic heterocycles. The average molecular weight is 387 g/mol. The van der Waals surface area contributed by atoms with Gasteiger partial charge in [-0.2, -0.15) is 0 Å². The summed E-state index contributed by atoms with van der Waals surface area (Å²) >= 11 is 0. The second-order valence-corrected chi connectivity index (χ2v) is 7.54. The van der Waals surface area contributed by atoms with Crippen LogP contribution in [0.2, 0.25) is 0 Å². The van der Waals surface area contributed by atoms with E-state index < -0.39 is 12.2 Å². The first kappa shape index (κ1) is 19.2. The van der Waals surface area contributed by atoms with E-state index in [0.717, 1.165) is 24.2 Å². The van der Waals surface area contributed by atoms with E-state index in [1.165, 1.54) is 17.7 Å². The van der Waals surface area contributed by atoms with E-state index >= 15 is 0 Å². The van der Waals surface area contributed by atoms with Crippen molar-refractivity contribution in [1.29, 1.82) is 0 Å². The smallest absolute Gasteiger partial charge is 0.126 e. The predicted molar refractivity (Wildman–Crippen MR) is 103 cm³/mol. The van der Waals surface area contributed by atoms with Gasteiger partial charge in [0.15, 0.2) is 0 Å². The van der Waals surface area contributed by atoms with Crippen molar-refractivity contribution in [3.05, 3.63) is 59.4 Å². The van der Waals surface area contributed by atoms with E-state index in [2.05, 4.69) is 5.32 Å². The van der Waals surface area contributed by atoms with Crippen LogP contribution in [0.15, 0.2) is 42.5 Å². The molecule has 0 fully saturated rings. The van der Waals surface area contributed by atoms with Crippen molar-refractivity contribution in [2.75, 3.05) is 13.1 Å². The van der Waals surface area contributed by atoms with E-state index in [-0.39, 0.29) is 18.0 Å². The van der Waals surface area contributed by atoms with E-state index in [4.69, 9.17) is 9.47 Å². The monoisotopic (exact) mass is 387 g/mol. The number of hydrogen-bond donors (Lipinski definition) is 3. The molecule has 2 heterocycles. The lowest BCUT2D eigenvalue weighted by Crippen LogP contribution is -2.46. The van der Waals surface area contributed by atoms with Crippen LogP contribution in [-0.2, 0) is 12.8 Å². The Morgan fingerprint density at radius 3 is 2.21 bits per heavy atom. The molecule has 150 valence electrons. The topological polar surface area (TPSA) is 71.0 Å². The van der Waals surface area contributed by atoms with Gasteiger partial charge in [-0.3, -0.25) is 0 Å². The predicted octanol–water partition coefficient (Wildman–Crippen LogP) is 2.22. The zero-order valence-corrected chi connectivity index (χ0v) is 15.7. The largest absolute Gasteiger partial charge is 0.487 e. The lowest BCUT2D eigenvalue weighted by molar-refractivity contribution is 0.00896. The molecule has 0 unspecified atom stereocenters. The van der Waals surface area contributed by atoms with Crippen molar-refractivity contribution in [3.8, 4) is 11.5 Å². The van der Waals surface area contributed by atoms with Crippen molar-refractivity contribution in [2.45, 2.75) is 50.1 Å². The minimum atomic E-state index is -0.710. The van der Waals surface area contributed by atoms with E-state index in [1.54, 1.807) is 6.07 Å². The maximum atomic E-state index is 13.3. The first-order valence-electron chi connectivity index (χ1n) is 9.86. The van der Waals surface area contributed by atoms with Gasteiger partial charge >= 0.3 is 0 Å². The molecule has 4 atom stereocenters. The Hall–Kier alpha value is -2.15. The Morgan fingerprint density at radius 2 is 1.50 bits per heavy atom. The van der Waals surface area contributed by atoms with Crippen LogP contribution in [0.25, 0.3) is 0 Å². The quantitative estimate of drug-likeness (QED) is 0.709. The summed E-state index contributed by atoms with van der Waals surface area (Å²) in [6.45, 7) is 0.639. The van der Waals surface area contributed by atoms with Crippen molar-refractivity contribution in [1.82, 2.24) is 5.32 Å². The van der Waals surface area contributed by atoms with Crippen molar-refractivity contribution in [3.63, 3.8) is 0 Å². The molecule has 6 heteroatoms. The van der Waals surface area contributed by atoms with Crippen LogP contribution in [-0.4, -0.2) is 47.7 Å². The number of aliphatic hydroxyl groups is 2. The van der Waals surface area contributed by atoms with Gasteiger partial charge in [-0.15, -0.1) is 0 Å². The number of nitrogens with one attached hydrogen (secondary N) is 1. The summed E-state index contributed by atoms with van der Waals surface area (Å²) in [7, 11) is 0. The lowest BCUT2D eigenvalue weighted by Gasteiger charge is -2.31. The first-order chi connectivity index (χ1) is 13.6. The summed E-state index contributed by atoms with van der Waals surface area (Å²) in [4.78, 5) is 0. The Morgan fingerprint density at radius 1 is 0.893 bits per heavy atom. The third kappa shape index (κ3) is 4.29. The number of aliphatic hydroxyl groups excluding tert-OH is 2. The molecule has 0 amide bonds. The zero-order chi connectivity index (χ0) is 19.5. The Bertz CT molecular complexity index is 815. The van der Waals surface area contributed by atoms with Crippen molar-refractivity contribution >= 4 is 0 Å².